The third-order valence-corrected chi connectivity index (χ3v) is 3.65. The maximum Gasteiger partial charge on any atom is 0.232 e. The van der Waals surface area contributed by atoms with Gasteiger partial charge in [-0.15, -0.1) is 0 Å². The van der Waals surface area contributed by atoms with Crippen molar-refractivity contribution in [1.29, 1.82) is 0 Å². The molecule has 0 spiro atoms. The third-order valence-electron chi connectivity index (χ3n) is 2.29. The Morgan fingerprint density at radius 2 is 2.00 bits per heavy atom. The summed E-state index contributed by atoms with van der Waals surface area (Å²) in [7, 11) is -1.86. The third kappa shape index (κ3) is 5.91. The van der Waals surface area contributed by atoms with Crippen LogP contribution in [0.25, 0.3) is 0 Å². The van der Waals surface area contributed by atoms with E-state index in [-0.39, 0.29) is 5.75 Å². The predicted octanol–water partition coefficient (Wildman–Crippen LogP) is 0.802. The van der Waals surface area contributed by atoms with Crippen LogP contribution in [0.3, 0.4) is 0 Å². The number of hydrogen-bond donors (Lipinski definition) is 2. The van der Waals surface area contributed by atoms with Crippen molar-refractivity contribution in [3.05, 3.63) is 24.3 Å². The number of ether oxygens (including phenoxy) is 2. The first-order chi connectivity index (χ1) is 9.09. The predicted molar refractivity (Wildman–Crippen MR) is 74.9 cm³/mol. The number of rotatable bonds is 9. The van der Waals surface area contributed by atoms with E-state index in [1.807, 2.05) is 0 Å². The van der Waals surface area contributed by atoms with E-state index in [1.54, 1.807) is 24.3 Å². The van der Waals surface area contributed by atoms with Gasteiger partial charge in [0.05, 0.1) is 11.4 Å². The zero-order valence-electron chi connectivity index (χ0n) is 11.0. The molecule has 0 radical (unpaired) electrons. The molecule has 0 bridgehead atoms. The summed E-state index contributed by atoms with van der Waals surface area (Å²) in [6.45, 7) is 1.11. The monoisotopic (exact) mass is 288 g/mol. The largest absolute Gasteiger partial charge is 0.490 e. The summed E-state index contributed by atoms with van der Waals surface area (Å²) in [4.78, 5) is 0. The zero-order chi connectivity index (χ0) is 14.1. The number of nitrogens with two attached hydrogens (primary N) is 1. The number of sulfonamides is 1. The van der Waals surface area contributed by atoms with Crippen molar-refractivity contribution in [1.82, 2.24) is 0 Å². The van der Waals surface area contributed by atoms with Crippen molar-refractivity contribution < 1.29 is 17.9 Å². The summed E-state index contributed by atoms with van der Waals surface area (Å²) in [6.07, 6.45) is 0.442. The Hall–Kier alpha value is -1.31. The molecule has 0 aliphatic heterocycles. The van der Waals surface area contributed by atoms with E-state index in [0.29, 0.717) is 37.6 Å². The highest BCUT2D eigenvalue weighted by Gasteiger charge is 2.13. The number of para-hydroxylation sites is 2. The van der Waals surface area contributed by atoms with Gasteiger partial charge >= 0.3 is 0 Å². The van der Waals surface area contributed by atoms with Crippen LogP contribution in [0.15, 0.2) is 24.3 Å². The fraction of sp³-hybridized carbons (Fsp3) is 0.500. The SMILES string of the molecule is COCCCS(=O)(=O)Nc1ccccc1OCCN. The summed E-state index contributed by atoms with van der Waals surface area (Å²) in [5, 5.41) is 0. The van der Waals surface area contributed by atoms with Crippen LogP contribution >= 0.6 is 0 Å². The molecule has 6 nitrogen and oxygen atoms in total. The molecule has 0 atom stereocenters. The lowest BCUT2D eigenvalue weighted by Gasteiger charge is -2.13. The molecule has 108 valence electrons. The van der Waals surface area contributed by atoms with E-state index >= 15 is 0 Å². The smallest absolute Gasteiger partial charge is 0.232 e. The second-order valence-corrected chi connectivity index (χ2v) is 5.74. The van der Waals surface area contributed by atoms with Crippen LogP contribution in [0.2, 0.25) is 0 Å². The molecular weight excluding hydrogens is 268 g/mol. The highest BCUT2D eigenvalue weighted by molar-refractivity contribution is 7.92. The van der Waals surface area contributed by atoms with Gasteiger partial charge in [-0.05, 0) is 18.6 Å². The topological polar surface area (TPSA) is 90.7 Å². The van der Waals surface area contributed by atoms with Gasteiger partial charge in [0.25, 0.3) is 0 Å². The van der Waals surface area contributed by atoms with Crippen LogP contribution in [0, 0.1) is 0 Å². The van der Waals surface area contributed by atoms with Crippen molar-refractivity contribution in [2.24, 2.45) is 5.73 Å². The normalized spacial score (nSPS) is 11.3. The van der Waals surface area contributed by atoms with E-state index in [1.165, 1.54) is 7.11 Å². The fourth-order valence-electron chi connectivity index (χ4n) is 1.46. The number of benzene rings is 1. The van der Waals surface area contributed by atoms with Gasteiger partial charge < -0.3 is 15.2 Å². The van der Waals surface area contributed by atoms with Gasteiger partial charge in [0.1, 0.15) is 12.4 Å². The Morgan fingerprint density at radius 1 is 1.26 bits per heavy atom. The molecule has 7 heteroatoms. The Labute approximate surface area is 113 Å². The molecule has 1 aromatic rings. The molecule has 0 fully saturated rings. The lowest BCUT2D eigenvalue weighted by Crippen LogP contribution is -2.19. The van der Waals surface area contributed by atoms with Crippen LogP contribution in [-0.4, -0.2) is 41.0 Å². The first kappa shape index (κ1) is 15.7. The minimum absolute atomic E-state index is 0.00602. The molecular formula is C12H20N2O4S. The summed E-state index contributed by atoms with van der Waals surface area (Å²) < 4.78 is 36.4. The Balaban J connectivity index is 2.69. The van der Waals surface area contributed by atoms with Gasteiger partial charge in [-0.2, -0.15) is 0 Å². The Bertz CT molecular complexity index is 476. The van der Waals surface area contributed by atoms with Gasteiger partial charge in [0.2, 0.25) is 10.0 Å². The van der Waals surface area contributed by atoms with E-state index < -0.39 is 10.0 Å². The van der Waals surface area contributed by atoms with Gasteiger partial charge in [0, 0.05) is 20.3 Å². The first-order valence-corrected chi connectivity index (χ1v) is 7.65. The van der Waals surface area contributed by atoms with Crippen LogP contribution < -0.4 is 15.2 Å². The molecule has 0 aliphatic rings. The summed E-state index contributed by atoms with van der Waals surface area (Å²) in [5.74, 6) is 0.481. The average Bonchev–Trinajstić information content (AvgIpc) is 2.37. The van der Waals surface area contributed by atoms with E-state index in [2.05, 4.69) is 4.72 Å². The van der Waals surface area contributed by atoms with Crippen LogP contribution in [0.1, 0.15) is 6.42 Å². The minimum atomic E-state index is -3.40. The molecule has 0 aromatic heterocycles. The second kappa shape index (κ2) is 7.98. The molecule has 1 rings (SSSR count). The van der Waals surface area contributed by atoms with E-state index in [4.69, 9.17) is 15.2 Å². The quantitative estimate of drug-likeness (QED) is 0.656. The molecule has 0 aliphatic carbocycles. The van der Waals surface area contributed by atoms with E-state index in [9.17, 15) is 8.42 Å². The van der Waals surface area contributed by atoms with E-state index in [0.717, 1.165) is 0 Å². The van der Waals surface area contributed by atoms with Crippen molar-refractivity contribution in [3.8, 4) is 5.75 Å². The number of methoxy groups -OCH3 is 1. The number of anilines is 1. The highest BCUT2D eigenvalue weighted by atomic mass is 32.2. The number of nitrogens with one attached hydrogen (secondary N) is 1. The zero-order valence-corrected chi connectivity index (χ0v) is 11.8. The van der Waals surface area contributed by atoms with Gasteiger partial charge in [-0.3, -0.25) is 4.72 Å². The van der Waals surface area contributed by atoms with Gasteiger partial charge in [-0.25, -0.2) is 8.42 Å². The van der Waals surface area contributed by atoms with Crippen LogP contribution in [0.5, 0.6) is 5.75 Å². The molecule has 1 aromatic carbocycles. The Morgan fingerprint density at radius 3 is 2.68 bits per heavy atom. The standard InChI is InChI=1S/C12H20N2O4S/c1-17-8-4-10-19(15,16)14-11-5-2-3-6-12(11)18-9-7-13/h2-3,5-6,14H,4,7-10,13H2,1H3. The second-order valence-electron chi connectivity index (χ2n) is 3.90. The average molecular weight is 288 g/mol. The minimum Gasteiger partial charge on any atom is -0.490 e. The summed E-state index contributed by atoms with van der Waals surface area (Å²) >= 11 is 0. The lowest BCUT2D eigenvalue weighted by atomic mass is 10.3. The van der Waals surface area contributed by atoms with Gasteiger partial charge in [-0.1, -0.05) is 12.1 Å². The maximum atomic E-state index is 11.9. The van der Waals surface area contributed by atoms with Crippen molar-refractivity contribution >= 4 is 15.7 Å². The molecule has 0 unspecified atom stereocenters. The summed E-state index contributed by atoms with van der Waals surface area (Å²) in [6, 6.07) is 6.86. The molecule has 0 saturated heterocycles. The van der Waals surface area contributed by atoms with Crippen LogP contribution in [-0.2, 0) is 14.8 Å². The lowest BCUT2D eigenvalue weighted by molar-refractivity contribution is 0.199. The van der Waals surface area contributed by atoms with Gasteiger partial charge in [0.15, 0.2) is 0 Å². The molecule has 0 amide bonds. The molecule has 0 heterocycles. The van der Waals surface area contributed by atoms with Crippen molar-refractivity contribution in [2.75, 3.05) is 37.3 Å². The molecule has 0 saturated carbocycles. The van der Waals surface area contributed by atoms with Crippen molar-refractivity contribution in [3.63, 3.8) is 0 Å². The molecule has 19 heavy (non-hydrogen) atoms. The first-order valence-electron chi connectivity index (χ1n) is 6.00. The maximum absolute atomic E-state index is 11.9. The number of hydrogen-bond acceptors (Lipinski definition) is 5. The van der Waals surface area contributed by atoms with Crippen LogP contribution in [0.4, 0.5) is 5.69 Å². The Kier molecular flexibility index (Phi) is 6.61. The van der Waals surface area contributed by atoms with Crippen molar-refractivity contribution in [2.45, 2.75) is 6.42 Å². The fourth-order valence-corrected chi connectivity index (χ4v) is 2.56. The highest BCUT2D eigenvalue weighted by Crippen LogP contribution is 2.24. The molecule has 3 N–H and O–H groups in total. The summed E-state index contributed by atoms with van der Waals surface area (Å²) in [5.41, 5.74) is 5.78.